The van der Waals surface area contributed by atoms with Crippen LogP contribution in [0.4, 0.5) is 0 Å². The highest BCUT2D eigenvalue weighted by molar-refractivity contribution is 5.94. The van der Waals surface area contributed by atoms with E-state index in [0.29, 0.717) is 17.9 Å². The third kappa shape index (κ3) is 3.54. The fourth-order valence-corrected chi connectivity index (χ4v) is 1.95. The fraction of sp³-hybridized carbons (Fsp3) is 0.235. The van der Waals surface area contributed by atoms with E-state index >= 15 is 0 Å². The van der Waals surface area contributed by atoms with E-state index in [1.807, 2.05) is 19.1 Å². The molecule has 1 atom stereocenters. The van der Waals surface area contributed by atoms with Crippen molar-refractivity contribution in [2.24, 2.45) is 0 Å². The highest BCUT2D eigenvalue weighted by atomic mass is 16.5. The van der Waals surface area contributed by atoms with Gasteiger partial charge in [0.1, 0.15) is 18.1 Å². The van der Waals surface area contributed by atoms with Gasteiger partial charge in [0.15, 0.2) is 0 Å². The van der Waals surface area contributed by atoms with E-state index in [1.165, 1.54) is 0 Å². The van der Waals surface area contributed by atoms with Gasteiger partial charge in [0.2, 0.25) is 0 Å². The maximum Gasteiger partial charge on any atom is 0.254 e. The molecule has 4 heteroatoms. The molecule has 0 N–H and O–H groups in total. The first kappa shape index (κ1) is 14.9. The van der Waals surface area contributed by atoms with Crippen LogP contribution >= 0.6 is 0 Å². The summed E-state index contributed by atoms with van der Waals surface area (Å²) in [5.74, 6) is 1.42. The molecule has 0 fully saturated rings. The molecule has 0 saturated carbocycles. The molecule has 0 aliphatic heterocycles. The highest BCUT2D eigenvalue weighted by Gasteiger charge is 2.20. The van der Waals surface area contributed by atoms with Crippen LogP contribution in [0.25, 0.3) is 0 Å². The lowest BCUT2D eigenvalue weighted by Crippen LogP contribution is -2.29. The number of ether oxygens (including phenoxy) is 1. The van der Waals surface area contributed by atoms with Gasteiger partial charge in [-0.2, -0.15) is 0 Å². The summed E-state index contributed by atoms with van der Waals surface area (Å²) in [4.78, 5) is 14.1. The monoisotopic (exact) mass is 285 g/mol. The first-order chi connectivity index (χ1) is 10.1. The molecule has 110 valence electrons. The minimum absolute atomic E-state index is 0.0610. The van der Waals surface area contributed by atoms with Gasteiger partial charge >= 0.3 is 0 Å². The average Bonchev–Trinajstić information content (AvgIpc) is 3.05. The molecular weight excluding hydrogens is 266 g/mol. The van der Waals surface area contributed by atoms with E-state index in [0.717, 1.165) is 5.76 Å². The summed E-state index contributed by atoms with van der Waals surface area (Å²) in [5, 5.41) is 0. The summed E-state index contributed by atoms with van der Waals surface area (Å²) in [5.41, 5.74) is 0.613. The van der Waals surface area contributed by atoms with Crippen LogP contribution < -0.4 is 4.74 Å². The summed E-state index contributed by atoms with van der Waals surface area (Å²) in [7, 11) is 1.76. The average molecular weight is 285 g/mol. The van der Waals surface area contributed by atoms with E-state index in [1.54, 1.807) is 48.6 Å². The van der Waals surface area contributed by atoms with Gasteiger partial charge < -0.3 is 14.1 Å². The van der Waals surface area contributed by atoms with Crippen LogP contribution in [0, 0.1) is 0 Å². The van der Waals surface area contributed by atoms with Crippen molar-refractivity contribution in [2.45, 2.75) is 13.0 Å². The van der Waals surface area contributed by atoms with Crippen LogP contribution in [0.1, 0.15) is 29.1 Å². The van der Waals surface area contributed by atoms with Gasteiger partial charge in [-0.1, -0.05) is 12.7 Å². The summed E-state index contributed by atoms with van der Waals surface area (Å²) >= 11 is 0. The van der Waals surface area contributed by atoms with Crippen molar-refractivity contribution in [1.82, 2.24) is 4.90 Å². The second-order valence-electron chi connectivity index (χ2n) is 4.73. The number of amides is 1. The van der Waals surface area contributed by atoms with E-state index in [4.69, 9.17) is 9.15 Å². The third-order valence-corrected chi connectivity index (χ3v) is 3.33. The number of hydrogen-bond acceptors (Lipinski definition) is 3. The van der Waals surface area contributed by atoms with Crippen LogP contribution in [0.3, 0.4) is 0 Å². The zero-order valence-corrected chi connectivity index (χ0v) is 12.3. The molecule has 0 aliphatic rings. The zero-order valence-electron chi connectivity index (χ0n) is 12.3. The summed E-state index contributed by atoms with van der Waals surface area (Å²) in [6, 6.07) is 10.6. The number of carbonyl (C=O) groups is 1. The maximum absolute atomic E-state index is 12.4. The molecule has 1 aromatic heterocycles. The largest absolute Gasteiger partial charge is 0.490 e. The number of nitrogens with zero attached hydrogens (tertiary/aromatic N) is 1. The standard InChI is InChI=1S/C17H19NO3/c1-4-11-20-15-9-7-14(8-10-15)17(19)18(3)13(2)16-6-5-12-21-16/h4-10,12-13H,1,11H2,2-3H3. The SMILES string of the molecule is C=CCOc1ccc(C(=O)N(C)C(C)c2ccco2)cc1. The van der Waals surface area contributed by atoms with Crippen LogP contribution in [0.15, 0.2) is 59.7 Å². The minimum atomic E-state index is -0.121. The lowest BCUT2D eigenvalue weighted by atomic mass is 10.1. The van der Waals surface area contributed by atoms with Gasteiger partial charge in [0.05, 0.1) is 12.3 Å². The van der Waals surface area contributed by atoms with Gasteiger partial charge in [-0.3, -0.25) is 4.79 Å². The summed E-state index contributed by atoms with van der Waals surface area (Å²) in [6.45, 7) is 5.97. The number of benzene rings is 1. The number of rotatable bonds is 6. The van der Waals surface area contributed by atoms with Crippen molar-refractivity contribution in [1.29, 1.82) is 0 Å². The Morgan fingerprint density at radius 1 is 1.38 bits per heavy atom. The Morgan fingerprint density at radius 3 is 2.67 bits per heavy atom. The molecule has 0 radical (unpaired) electrons. The molecule has 4 nitrogen and oxygen atoms in total. The molecule has 0 spiro atoms. The Hall–Kier alpha value is -2.49. The maximum atomic E-state index is 12.4. The Labute approximate surface area is 124 Å². The minimum Gasteiger partial charge on any atom is -0.490 e. The Kier molecular flexibility index (Phi) is 4.82. The Balaban J connectivity index is 2.06. The van der Waals surface area contributed by atoms with E-state index in [9.17, 15) is 4.79 Å². The molecule has 21 heavy (non-hydrogen) atoms. The summed E-state index contributed by atoms with van der Waals surface area (Å²) < 4.78 is 10.7. The van der Waals surface area contributed by atoms with Gasteiger partial charge in [0.25, 0.3) is 5.91 Å². The predicted molar refractivity (Wildman–Crippen MR) is 81.4 cm³/mol. The summed E-state index contributed by atoms with van der Waals surface area (Å²) in [6.07, 6.45) is 3.29. The molecule has 0 saturated heterocycles. The number of hydrogen-bond donors (Lipinski definition) is 0. The smallest absolute Gasteiger partial charge is 0.254 e. The second-order valence-corrected chi connectivity index (χ2v) is 4.73. The Bertz CT molecular complexity index is 587. The zero-order chi connectivity index (χ0) is 15.2. The molecule has 0 aliphatic carbocycles. The molecule has 2 aromatic rings. The van der Waals surface area contributed by atoms with Gasteiger partial charge in [0, 0.05) is 12.6 Å². The topological polar surface area (TPSA) is 42.7 Å². The highest BCUT2D eigenvalue weighted by Crippen LogP contribution is 2.22. The number of carbonyl (C=O) groups excluding carboxylic acids is 1. The van der Waals surface area contributed by atoms with Crippen LogP contribution in [-0.4, -0.2) is 24.5 Å². The van der Waals surface area contributed by atoms with E-state index < -0.39 is 0 Å². The first-order valence-electron chi connectivity index (χ1n) is 6.78. The molecule has 1 heterocycles. The normalized spacial score (nSPS) is 11.7. The molecule has 0 bridgehead atoms. The molecule has 2 rings (SSSR count). The fourth-order valence-electron chi connectivity index (χ4n) is 1.95. The first-order valence-corrected chi connectivity index (χ1v) is 6.78. The predicted octanol–water partition coefficient (Wildman–Crippen LogP) is 3.68. The van der Waals surface area contributed by atoms with Crippen molar-refractivity contribution < 1.29 is 13.9 Å². The van der Waals surface area contributed by atoms with Crippen LogP contribution in [-0.2, 0) is 0 Å². The molecule has 1 amide bonds. The Morgan fingerprint density at radius 2 is 2.10 bits per heavy atom. The molecule has 1 unspecified atom stereocenters. The van der Waals surface area contributed by atoms with Gasteiger partial charge in [-0.15, -0.1) is 0 Å². The van der Waals surface area contributed by atoms with Crippen LogP contribution in [0.2, 0.25) is 0 Å². The van der Waals surface area contributed by atoms with Gasteiger partial charge in [-0.05, 0) is 43.3 Å². The van der Waals surface area contributed by atoms with Crippen molar-refractivity contribution in [3.05, 3.63) is 66.6 Å². The third-order valence-electron chi connectivity index (χ3n) is 3.33. The van der Waals surface area contributed by atoms with E-state index in [-0.39, 0.29) is 11.9 Å². The van der Waals surface area contributed by atoms with Crippen molar-refractivity contribution >= 4 is 5.91 Å². The molecule has 1 aromatic carbocycles. The van der Waals surface area contributed by atoms with Crippen molar-refractivity contribution in [3.63, 3.8) is 0 Å². The number of furan rings is 1. The molecular formula is C17H19NO3. The van der Waals surface area contributed by atoms with Crippen LogP contribution in [0.5, 0.6) is 5.75 Å². The van der Waals surface area contributed by atoms with E-state index in [2.05, 4.69) is 6.58 Å². The van der Waals surface area contributed by atoms with Gasteiger partial charge in [-0.25, -0.2) is 0 Å². The second kappa shape index (κ2) is 6.79. The van der Waals surface area contributed by atoms with Crippen molar-refractivity contribution in [3.8, 4) is 5.75 Å². The lowest BCUT2D eigenvalue weighted by Gasteiger charge is -2.23. The quantitative estimate of drug-likeness (QED) is 0.760. The van der Waals surface area contributed by atoms with Crippen molar-refractivity contribution in [2.75, 3.05) is 13.7 Å². The lowest BCUT2D eigenvalue weighted by molar-refractivity contribution is 0.0726.